The lowest BCUT2D eigenvalue weighted by atomic mass is 9.97. The third-order valence-corrected chi connectivity index (χ3v) is 7.66. The maximum Gasteiger partial charge on any atom is 0.341 e. The van der Waals surface area contributed by atoms with Crippen LogP contribution in [0.1, 0.15) is 56.0 Å². The van der Waals surface area contributed by atoms with E-state index in [0.29, 0.717) is 16.1 Å². The van der Waals surface area contributed by atoms with Crippen molar-refractivity contribution < 1.29 is 14.3 Å². The zero-order valence-corrected chi connectivity index (χ0v) is 20.1. The van der Waals surface area contributed by atoms with Crippen molar-refractivity contribution in [2.75, 3.05) is 12.4 Å². The molecule has 1 N–H and O–H groups in total. The molecule has 1 aliphatic rings. The number of hydrogen-bond donors (Lipinski definition) is 1. The lowest BCUT2D eigenvalue weighted by Gasteiger charge is -2.15. The molecule has 0 saturated carbocycles. The summed E-state index contributed by atoms with van der Waals surface area (Å²) in [7, 11) is 1.39. The molecule has 0 fully saturated rings. The van der Waals surface area contributed by atoms with Gasteiger partial charge in [-0.25, -0.2) is 9.78 Å². The summed E-state index contributed by atoms with van der Waals surface area (Å²) in [5, 5.41) is 4.44. The van der Waals surface area contributed by atoms with Crippen LogP contribution in [0.3, 0.4) is 0 Å². The normalized spacial score (nSPS) is 13.2. The number of ether oxygens (including phenoxy) is 1. The van der Waals surface area contributed by atoms with E-state index in [1.54, 1.807) is 0 Å². The number of amides is 1. The van der Waals surface area contributed by atoms with Gasteiger partial charge in [0, 0.05) is 15.8 Å². The zero-order valence-electron chi connectivity index (χ0n) is 19.3. The summed E-state index contributed by atoms with van der Waals surface area (Å²) < 4.78 is 5.11. The number of thiophene rings is 1. The van der Waals surface area contributed by atoms with Crippen molar-refractivity contribution in [1.82, 2.24) is 4.98 Å². The summed E-state index contributed by atoms with van der Waals surface area (Å²) in [6.07, 6.45) is 5.04. The Hall–Kier alpha value is -3.51. The largest absolute Gasteiger partial charge is 0.465 e. The minimum Gasteiger partial charge on any atom is -0.465 e. The van der Waals surface area contributed by atoms with Crippen LogP contribution in [0.2, 0.25) is 0 Å². The summed E-state index contributed by atoms with van der Waals surface area (Å²) in [6, 6.07) is 17.6. The van der Waals surface area contributed by atoms with Crippen molar-refractivity contribution >= 4 is 39.1 Å². The maximum atomic E-state index is 13.8. The third-order valence-electron chi connectivity index (χ3n) is 6.45. The number of anilines is 1. The van der Waals surface area contributed by atoms with Gasteiger partial charge in [0.1, 0.15) is 5.00 Å². The minimum absolute atomic E-state index is 0.241. The molecule has 0 radical (unpaired) electrons. The van der Waals surface area contributed by atoms with Gasteiger partial charge < -0.3 is 10.1 Å². The fourth-order valence-corrected chi connectivity index (χ4v) is 6.06. The predicted octanol–water partition coefficient (Wildman–Crippen LogP) is 6.58. The molecule has 2 aromatic carbocycles. The van der Waals surface area contributed by atoms with Gasteiger partial charge in [-0.3, -0.25) is 4.79 Å². The summed E-state index contributed by atoms with van der Waals surface area (Å²) in [5.74, 6) is -0.633. The molecule has 0 saturated heterocycles. The first-order valence-electron chi connectivity index (χ1n) is 11.6. The smallest absolute Gasteiger partial charge is 0.341 e. The van der Waals surface area contributed by atoms with Crippen LogP contribution in [-0.4, -0.2) is 24.0 Å². The molecule has 4 aromatic rings. The second-order valence-corrected chi connectivity index (χ2v) is 9.66. The number of aryl methyl sites for hydroxylation is 1. The van der Waals surface area contributed by atoms with E-state index in [2.05, 4.69) is 5.32 Å². The Morgan fingerprint density at radius 2 is 1.68 bits per heavy atom. The molecule has 2 heterocycles. The Balaban J connectivity index is 1.63. The van der Waals surface area contributed by atoms with Gasteiger partial charge in [0.15, 0.2) is 0 Å². The van der Waals surface area contributed by atoms with Crippen LogP contribution in [0.4, 0.5) is 5.00 Å². The molecule has 0 unspecified atom stereocenters. The van der Waals surface area contributed by atoms with Crippen LogP contribution >= 0.6 is 11.3 Å². The number of rotatable bonds is 4. The highest BCUT2D eigenvalue weighted by molar-refractivity contribution is 7.17. The van der Waals surface area contributed by atoms with Gasteiger partial charge in [-0.2, -0.15) is 0 Å². The van der Waals surface area contributed by atoms with Gasteiger partial charge >= 0.3 is 5.97 Å². The van der Waals surface area contributed by atoms with Crippen molar-refractivity contribution in [1.29, 1.82) is 0 Å². The first-order valence-corrected chi connectivity index (χ1v) is 12.4. The van der Waals surface area contributed by atoms with E-state index in [4.69, 9.17) is 9.72 Å². The summed E-state index contributed by atoms with van der Waals surface area (Å²) >= 11 is 1.51. The molecule has 0 spiro atoms. The molecule has 2 aromatic heterocycles. The number of nitrogens with one attached hydrogen (secondary N) is 1. The Labute approximate surface area is 202 Å². The van der Waals surface area contributed by atoms with Crippen molar-refractivity contribution in [3.8, 4) is 11.3 Å². The third kappa shape index (κ3) is 3.99. The van der Waals surface area contributed by atoms with E-state index in [9.17, 15) is 9.59 Å². The molecule has 0 bridgehead atoms. The van der Waals surface area contributed by atoms with Gasteiger partial charge in [-0.05, 0) is 49.8 Å². The van der Waals surface area contributed by atoms with E-state index < -0.39 is 5.97 Å². The fourth-order valence-electron chi connectivity index (χ4n) is 4.79. The topological polar surface area (TPSA) is 68.3 Å². The van der Waals surface area contributed by atoms with Crippen LogP contribution in [0, 0.1) is 6.92 Å². The Bertz CT molecular complexity index is 1390. The number of benzene rings is 2. The van der Waals surface area contributed by atoms with Crippen LogP contribution < -0.4 is 5.32 Å². The molecule has 34 heavy (non-hydrogen) atoms. The highest BCUT2D eigenvalue weighted by atomic mass is 32.1. The SMILES string of the molecule is COC(=O)c1c(NC(=O)c2c(C)c(-c3ccccc3)nc3ccccc23)sc2c1CCCCC2. The fraction of sp³-hybridized carbons (Fsp3) is 0.250. The number of fused-ring (bicyclic) bond motifs is 2. The lowest BCUT2D eigenvalue weighted by molar-refractivity contribution is 0.0601. The van der Waals surface area contributed by atoms with Crippen molar-refractivity contribution in [2.45, 2.75) is 39.0 Å². The lowest BCUT2D eigenvalue weighted by Crippen LogP contribution is -2.17. The van der Waals surface area contributed by atoms with E-state index >= 15 is 0 Å². The number of hydrogen-bond acceptors (Lipinski definition) is 5. The van der Waals surface area contributed by atoms with E-state index in [-0.39, 0.29) is 5.91 Å². The minimum atomic E-state index is -0.393. The molecule has 1 aliphatic carbocycles. The number of nitrogens with zero attached hydrogens (tertiary/aromatic N) is 1. The second-order valence-electron chi connectivity index (χ2n) is 8.56. The number of aromatic nitrogens is 1. The van der Waals surface area contributed by atoms with Gasteiger partial charge in [-0.15, -0.1) is 11.3 Å². The maximum absolute atomic E-state index is 13.8. The summed E-state index contributed by atoms with van der Waals surface area (Å²) in [6.45, 7) is 1.93. The molecule has 0 aliphatic heterocycles. The van der Waals surface area contributed by atoms with Gasteiger partial charge in [0.05, 0.1) is 29.4 Å². The summed E-state index contributed by atoms with van der Waals surface area (Å²) in [5.41, 5.74) is 5.41. The molecule has 6 heteroatoms. The molecule has 5 rings (SSSR count). The standard InChI is InChI=1S/C28H26N2O3S/c1-17-23(19-13-9-10-15-21(19)29-25(17)18-11-5-3-6-12-18)26(31)30-27-24(28(32)33-2)20-14-7-4-8-16-22(20)34-27/h3,5-6,9-13,15H,4,7-8,14,16H2,1-2H3,(H,30,31). The monoisotopic (exact) mass is 470 g/mol. The number of pyridine rings is 1. The highest BCUT2D eigenvalue weighted by Crippen LogP contribution is 2.39. The number of esters is 1. The van der Waals surface area contributed by atoms with E-state index in [1.807, 2.05) is 61.5 Å². The quantitative estimate of drug-likeness (QED) is 0.270. The van der Waals surface area contributed by atoms with Crippen molar-refractivity contribution in [2.24, 2.45) is 0 Å². The number of para-hydroxylation sites is 1. The molecule has 1 amide bonds. The number of carbonyl (C=O) groups is 2. The van der Waals surface area contributed by atoms with Gasteiger partial charge in [-0.1, -0.05) is 55.0 Å². The number of methoxy groups -OCH3 is 1. The number of carbonyl (C=O) groups excluding carboxylic acids is 2. The predicted molar refractivity (Wildman–Crippen MR) is 137 cm³/mol. The first kappa shape index (κ1) is 22.3. The average Bonchev–Trinajstić information content (AvgIpc) is 3.03. The molecule has 172 valence electrons. The second kappa shape index (κ2) is 9.39. The molecule has 0 atom stereocenters. The van der Waals surface area contributed by atoms with Crippen LogP contribution in [-0.2, 0) is 17.6 Å². The Morgan fingerprint density at radius 3 is 2.47 bits per heavy atom. The van der Waals surface area contributed by atoms with Crippen LogP contribution in [0.25, 0.3) is 22.2 Å². The van der Waals surface area contributed by atoms with Gasteiger partial charge in [0.2, 0.25) is 0 Å². The van der Waals surface area contributed by atoms with Gasteiger partial charge in [0.25, 0.3) is 5.91 Å². The zero-order chi connectivity index (χ0) is 23.7. The van der Waals surface area contributed by atoms with E-state index in [0.717, 1.165) is 65.4 Å². The van der Waals surface area contributed by atoms with Crippen molar-refractivity contribution in [3.05, 3.63) is 81.7 Å². The van der Waals surface area contributed by atoms with E-state index in [1.165, 1.54) is 23.3 Å². The average molecular weight is 471 g/mol. The Morgan fingerprint density at radius 1 is 0.941 bits per heavy atom. The first-order chi connectivity index (χ1) is 16.6. The molecular formula is C28H26N2O3S. The Kier molecular flexibility index (Phi) is 6.16. The highest BCUT2D eigenvalue weighted by Gasteiger charge is 2.27. The van der Waals surface area contributed by atoms with Crippen molar-refractivity contribution in [3.63, 3.8) is 0 Å². The van der Waals surface area contributed by atoms with Crippen LogP contribution in [0.5, 0.6) is 0 Å². The molecule has 5 nitrogen and oxygen atoms in total. The van der Waals surface area contributed by atoms with Crippen LogP contribution in [0.15, 0.2) is 54.6 Å². The summed E-state index contributed by atoms with van der Waals surface area (Å²) in [4.78, 5) is 32.6. The molecular weight excluding hydrogens is 444 g/mol.